The minimum atomic E-state index is -1.31. The van der Waals surface area contributed by atoms with E-state index in [9.17, 15) is 19.2 Å². The van der Waals surface area contributed by atoms with Gasteiger partial charge >= 0.3 is 18.0 Å². The van der Waals surface area contributed by atoms with E-state index in [0.29, 0.717) is 0 Å². The lowest BCUT2D eigenvalue weighted by molar-refractivity contribution is -0.140. The lowest BCUT2D eigenvalue weighted by Crippen LogP contribution is -2.47. The van der Waals surface area contributed by atoms with Crippen LogP contribution in [0.15, 0.2) is 0 Å². The van der Waals surface area contributed by atoms with Crippen LogP contribution in [0.3, 0.4) is 0 Å². The van der Waals surface area contributed by atoms with Gasteiger partial charge in [0, 0.05) is 26.4 Å². The zero-order valence-electron chi connectivity index (χ0n) is 10.4. The van der Waals surface area contributed by atoms with E-state index in [-0.39, 0.29) is 31.8 Å². The van der Waals surface area contributed by atoms with Crippen molar-refractivity contribution in [1.29, 1.82) is 0 Å². The Hall–Kier alpha value is -2.32. The minimum Gasteiger partial charge on any atom is -0.481 e. The van der Waals surface area contributed by atoms with Gasteiger partial charge in [-0.05, 0) is 6.42 Å². The summed E-state index contributed by atoms with van der Waals surface area (Å²) in [7, 11) is 0. The van der Waals surface area contributed by atoms with Crippen LogP contribution in [0.1, 0.15) is 19.8 Å². The molecule has 0 saturated carbocycles. The van der Waals surface area contributed by atoms with Crippen molar-refractivity contribution in [3.63, 3.8) is 0 Å². The van der Waals surface area contributed by atoms with Crippen LogP contribution in [0, 0.1) is 0 Å². The van der Waals surface area contributed by atoms with Gasteiger partial charge in [-0.15, -0.1) is 0 Å². The molecular weight excluding hydrogens is 258 g/mol. The summed E-state index contributed by atoms with van der Waals surface area (Å²) >= 11 is 0. The van der Waals surface area contributed by atoms with Gasteiger partial charge in [-0.3, -0.25) is 9.59 Å². The SMILES string of the molecule is CC(=O)NCCNC(=O)NC(CCC(=O)O)C(=O)O. The molecule has 0 bridgehead atoms. The summed E-state index contributed by atoms with van der Waals surface area (Å²) in [5.41, 5.74) is 0. The van der Waals surface area contributed by atoms with Gasteiger partial charge in [-0.2, -0.15) is 0 Å². The molecular formula is C10H17N3O6. The van der Waals surface area contributed by atoms with Gasteiger partial charge in [0.05, 0.1) is 0 Å². The number of hydrogen-bond donors (Lipinski definition) is 5. The van der Waals surface area contributed by atoms with Crippen LogP contribution < -0.4 is 16.0 Å². The van der Waals surface area contributed by atoms with Crippen LogP contribution in [0.25, 0.3) is 0 Å². The molecule has 0 aliphatic carbocycles. The zero-order valence-corrected chi connectivity index (χ0v) is 10.4. The average Bonchev–Trinajstić information content (AvgIpc) is 2.29. The molecule has 0 rings (SSSR count). The predicted molar refractivity (Wildman–Crippen MR) is 63.5 cm³/mol. The van der Waals surface area contributed by atoms with Crippen LogP contribution in [-0.2, 0) is 14.4 Å². The highest BCUT2D eigenvalue weighted by molar-refractivity contribution is 5.83. The number of amides is 3. The Balaban J connectivity index is 3.99. The number of hydrogen-bond acceptors (Lipinski definition) is 4. The highest BCUT2D eigenvalue weighted by Crippen LogP contribution is 1.97. The largest absolute Gasteiger partial charge is 0.481 e. The third-order valence-electron chi connectivity index (χ3n) is 2.03. The van der Waals surface area contributed by atoms with Gasteiger partial charge in [0.1, 0.15) is 6.04 Å². The second-order valence-corrected chi connectivity index (χ2v) is 3.71. The molecule has 0 saturated heterocycles. The number of nitrogens with one attached hydrogen (secondary N) is 3. The smallest absolute Gasteiger partial charge is 0.326 e. The molecule has 0 fully saturated rings. The number of urea groups is 1. The van der Waals surface area contributed by atoms with Crippen molar-refractivity contribution in [2.75, 3.05) is 13.1 Å². The van der Waals surface area contributed by atoms with Crippen LogP contribution in [-0.4, -0.2) is 53.2 Å². The molecule has 0 radical (unpaired) electrons. The molecule has 0 aliphatic heterocycles. The molecule has 0 aromatic heterocycles. The van der Waals surface area contributed by atoms with E-state index in [2.05, 4.69) is 16.0 Å². The minimum absolute atomic E-state index is 0.136. The van der Waals surface area contributed by atoms with Crippen LogP contribution in [0.4, 0.5) is 4.79 Å². The van der Waals surface area contributed by atoms with Gasteiger partial charge in [-0.1, -0.05) is 0 Å². The van der Waals surface area contributed by atoms with Crippen molar-refractivity contribution >= 4 is 23.9 Å². The fourth-order valence-corrected chi connectivity index (χ4v) is 1.15. The van der Waals surface area contributed by atoms with Gasteiger partial charge < -0.3 is 26.2 Å². The fourth-order valence-electron chi connectivity index (χ4n) is 1.15. The quantitative estimate of drug-likeness (QED) is 0.350. The van der Waals surface area contributed by atoms with E-state index < -0.39 is 24.0 Å². The first-order valence-corrected chi connectivity index (χ1v) is 5.56. The first-order valence-electron chi connectivity index (χ1n) is 5.56. The second kappa shape index (κ2) is 8.72. The van der Waals surface area contributed by atoms with Crippen molar-refractivity contribution < 1.29 is 29.4 Å². The van der Waals surface area contributed by atoms with Crippen LogP contribution in [0.5, 0.6) is 0 Å². The van der Waals surface area contributed by atoms with Gasteiger partial charge in [0.15, 0.2) is 0 Å². The first-order chi connectivity index (χ1) is 8.82. The van der Waals surface area contributed by atoms with E-state index in [1.807, 2.05) is 0 Å². The lowest BCUT2D eigenvalue weighted by Gasteiger charge is -2.14. The highest BCUT2D eigenvalue weighted by Gasteiger charge is 2.20. The summed E-state index contributed by atoms with van der Waals surface area (Å²) in [4.78, 5) is 42.9. The van der Waals surface area contributed by atoms with Gasteiger partial charge in [-0.25, -0.2) is 9.59 Å². The highest BCUT2D eigenvalue weighted by atomic mass is 16.4. The molecule has 1 unspecified atom stereocenters. The number of carbonyl (C=O) groups excluding carboxylic acids is 2. The average molecular weight is 275 g/mol. The molecule has 3 amide bonds. The van der Waals surface area contributed by atoms with E-state index >= 15 is 0 Å². The molecule has 0 aromatic rings. The molecule has 108 valence electrons. The summed E-state index contributed by atoms with van der Waals surface area (Å²) < 4.78 is 0. The Bertz CT molecular complexity index is 357. The summed E-state index contributed by atoms with van der Waals surface area (Å²) in [5, 5.41) is 24.1. The Morgan fingerprint density at radius 1 is 1.05 bits per heavy atom. The topological polar surface area (TPSA) is 145 Å². The predicted octanol–water partition coefficient (Wildman–Crippen LogP) is -1.26. The number of rotatable bonds is 8. The summed E-state index contributed by atoms with van der Waals surface area (Å²) in [6.45, 7) is 1.68. The summed E-state index contributed by atoms with van der Waals surface area (Å²) in [6.07, 6.45) is -0.563. The summed E-state index contributed by atoms with van der Waals surface area (Å²) in [5.74, 6) is -2.69. The molecule has 0 aromatic carbocycles. The maximum Gasteiger partial charge on any atom is 0.326 e. The van der Waals surface area contributed by atoms with E-state index in [1.165, 1.54) is 6.92 Å². The molecule has 0 aliphatic rings. The monoisotopic (exact) mass is 275 g/mol. The van der Waals surface area contributed by atoms with Crippen molar-refractivity contribution in [2.24, 2.45) is 0 Å². The Labute approximate surface area is 109 Å². The Kier molecular flexibility index (Phi) is 7.66. The number of carbonyl (C=O) groups is 4. The van der Waals surface area contributed by atoms with Gasteiger partial charge in [0.25, 0.3) is 0 Å². The van der Waals surface area contributed by atoms with Crippen molar-refractivity contribution in [2.45, 2.75) is 25.8 Å². The number of carboxylic acid groups (broad SMARTS) is 2. The Morgan fingerprint density at radius 2 is 1.63 bits per heavy atom. The third-order valence-corrected chi connectivity index (χ3v) is 2.03. The van der Waals surface area contributed by atoms with E-state index in [0.717, 1.165) is 0 Å². The maximum absolute atomic E-state index is 11.3. The summed E-state index contributed by atoms with van der Waals surface area (Å²) in [6, 6.07) is -2.00. The van der Waals surface area contributed by atoms with Crippen molar-refractivity contribution in [3.05, 3.63) is 0 Å². The molecule has 0 spiro atoms. The van der Waals surface area contributed by atoms with Gasteiger partial charge in [0.2, 0.25) is 5.91 Å². The van der Waals surface area contributed by atoms with E-state index in [1.54, 1.807) is 0 Å². The third kappa shape index (κ3) is 9.39. The standard InChI is InChI=1S/C10H17N3O6/c1-6(14)11-4-5-12-10(19)13-7(9(17)18)2-3-8(15)16/h7H,2-5H2,1H3,(H,11,14)(H,15,16)(H,17,18)(H2,12,13,19). The lowest BCUT2D eigenvalue weighted by atomic mass is 10.1. The Morgan fingerprint density at radius 3 is 2.11 bits per heavy atom. The second-order valence-electron chi connectivity index (χ2n) is 3.71. The first kappa shape index (κ1) is 16.7. The fraction of sp³-hybridized carbons (Fsp3) is 0.600. The maximum atomic E-state index is 11.3. The number of aliphatic carboxylic acids is 2. The number of carboxylic acids is 2. The van der Waals surface area contributed by atoms with Crippen LogP contribution in [0.2, 0.25) is 0 Å². The normalized spacial score (nSPS) is 11.2. The molecule has 0 heterocycles. The molecule has 9 nitrogen and oxygen atoms in total. The zero-order chi connectivity index (χ0) is 14.8. The van der Waals surface area contributed by atoms with Crippen molar-refractivity contribution in [1.82, 2.24) is 16.0 Å². The molecule has 9 heteroatoms. The van der Waals surface area contributed by atoms with Crippen LogP contribution >= 0.6 is 0 Å². The molecule has 19 heavy (non-hydrogen) atoms. The molecule has 5 N–H and O–H groups in total. The van der Waals surface area contributed by atoms with Crippen molar-refractivity contribution in [3.8, 4) is 0 Å². The molecule has 1 atom stereocenters. The van der Waals surface area contributed by atoms with E-state index in [4.69, 9.17) is 10.2 Å².